The van der Waals surface area contributed by atoms with Gasteiger partial charge in [-0.15, -0.1) is 11.3 Å². The van der Waals surface area contributed by atoms with E-state index in [2.05, 4.69) is 10.3 Å². The van der Waals surface area contributed by atoms with Gasteiger partial charge in [0.15, 0.2) is 5.67 Å². The summed E-state index contributed by atoms with van der Waals surface area (Å²) in [6.45, 7) is 3.56. The van der Waals surface area contributed by atoms with E-state index in [1.165, 1.54) is 37.4 Å². The molecule has 0 atom stereocenters. The van der Waals surface area contributed by atoms with Gasteiger partial charge < -0.3 is 5.32 Å². The van der Waals surface area contributed by atoms with Crippen molar-refractivity contribution in [1.82, 2.24) is 10.3 Å². The lowest BCUT2D eigenvalue weighted by molar-refractivity contribution is 0.220. The predicted octanol–water partition coefficient (Wildman–Crippen LogP) is 3.87. The van der Waals surface area contributed by atoms with E-state index in [1.807, 2.05) is 7.05 Å². The molecule has 0 aliphatic rings. The van der Waals surface area contributed by atoms with Crippen LogP contribution in [0.4, 0.5) is 8.78 Å². The van der Waals surface area contributed by atoms with Gasteiger partial charge in [-0.25, -0.2) is 13.8 Å². The maximum Gasteiger partial charge on any atom is 0.156 e. The fourth-order valence-electron chi connectivity index (χ4n) is 1.75. The lowest BCUT2D eigenvalue weighted by Gasteiger charge is -2.08. The third-order valence-corrected chi connectivity index (χ3v) is 4.02. The Labute approximate surface area is 115 Å². The number of halogens is 2. The van der Waals surface area contributed by atoms with Crippen molar-refractivity contribution in [2.45, 2.75) is 26.1 Å². The van der Waals surface area contributed by atoms with E-state index < -0.39 is 5.67 Å². The zero-order chi connectivity index (χ0) is 14.0. The normalized spacial score (nSPS) is 11.8. The van der Waals surface area contributed by atoms with Crippen LogP contribution in [0.3, 0.4) is 0 Å². The molecule has 1 heterocycles. The zero-order valence-corrected chi connectivity index (χ0v) is 11.9. The van der Waals surface area contributed by atoms with Gasteiger partial charge in [-0.1, -0.05) is 6.07 Å². The molecule has 0 saturated carbocycles. The van der Waals surface area contributed by atoms with Crippen LogP contribution in [0.2, 0.25) is 0 Å². The molecule has 19 heavy (non-hydrogen) atoms. The fourth-order valence-corrected chi connectivity index (χ4v) is 2.68. The second kappa shape index (κ2) is 5.35. The Morgan fingerprint density at radius 1 is 1.37 bits per heavy atom. The summed E-state index contributed by atoms with van der Waals surface area (Å²) in [6, 6.07) is 4.94. The highest BCUT2D eigenvalue weighted by Gasteiger charge is 2.23. The van der Waals surface area contributed by atoms with Crippen LogP contribution in [0.1, 0.15) is 24.4 Å². The molecular weight excluding hydrogens is 266 g/mol. The minimum absolute atomic E-state index is 0.313. The summed E-state index contributed by atoms with van der Waals surface area (Å²) in [7, 11) is 1.83. The average Bonchev–Trinajstić information content (AvgIpc) is 2.81. The van der Waals surface area contributed by atoms with Crippen LogP contribution in [0.5, 0.6) is 0 Å². The first-order valence-corrected chi connectivity index (χ1v) is 6.82. The second-order valence-corrected chi connectivity index (χ2v) is 5.88. The van der Waals surface area contributed by atoms with Gasteiger partial charge in [-0.05, 0) is 38.6 Å². The molecule has 0 fully saturated rings. The molecule has 2 nitrogen and oxygen atoms in total. The first kappa shape index (κ1) is 14.1. The molecule has 0 radical (unpaired) electrons. The van der Waals surface area contributed by atoms with Crippen molar-refractivity contribution in [2.75, 3.05) is 7.05 Å². The number of rotatable bonds is 4. The molecule has 0 aliphatic carbocycles. The summed E-state index contributed by atoms with van der Waals surface area (Å²) in [6.07, 6.45) is 1.53. The molecule has 0 saturated heterocycles. The smallest absolute Gasteiger partial charge is 0.156 e. The van der Waals surface area contributed by atoms with E-state index in [1.54, 1.807) is 12.1 Å². The van der Waals surface area contributed by atoms with Gasteiger partial charge in [0.25, 0.3) is 0 Å². The molecule has 0 unspecified atom stereocenters. The first-order chi connectivity index (χ1) is 8.91. The van der Waals surface area contributed by atoms with Gasteiger partial charge >= 0.3 is 0 Å². The molecule has 0 bridgehead atoms. The number of hydrogen-bond donors (Lipinski definition) is 1. The summed E-state index contributed by atoms with van der Waals surface area (Å²) < 4.78 is 27.7. The Bertz CT molecular complexity index is 573. The SMILES string of the molecule is CNCc1ccc(F)c(-c2cnc(C(C)(C)F)s2)c1. The van der Waals surface area contributed by atoms with Crippen molar-refractivity contribution in [2.24, 2.45) is 0 Å². The quantitative estimate of drug-likeness (QED) is 0.920. The lowest BCUT2D eigenvalue weighted by Crippen LogP contribution is -2.07. The molecule has 2 aromatic rings. The van der Waals surface area contributed by atoms with Crippen LogP contribution in [0, 0.1) is 5.82 Å². The largest absolute Gasteiger partial charge is 0.316 e. The fraction of sp³-hybridized carbons (Fsp3) is 0.357. The van der Waals surface area contributed by atoms with Crippen molar-refractivity contribution in [3.63, 3.8) is 0 Å². The Kier molecular flexibility index (Phi) is 3.96. The molecule has 1 aromatic heterocycles. The highest BCUT2D eigenvalue weighted by Crippen LogP contribution is 2.35. The minimum atomic E-state index is -1.50. The predicted molar refractivity (Wildman–Crippen MR) is 74.4 cm³/mol. The molecule has 1 N–H and O–H groups in total. The second-order valence-electron chi connectivity index (χ2n) is 4.85. The topological polar surface area (TPSA) is 24.9 Å². The van der Waals surface area contributed by atoms with Crippen LogP contribution in [-0.4, -0.2) is 12.0 Å². The number of hydrogen-bond acceptors (Lipinski definition) is 3. The summed E-state index contributed by atoms with van der Waals surface area (Å²) in [5, 5.41) is 3.38. The third kappa shape index (κ3) is 3.16. The van der Waals surface area contributed by atoms with Crippen LogP contribution >= 0.6 is 11.3 Å². The minimum Gasteiger partial charge on any atom is -0.316 e. The van der Waals surface area contributed by atoms with Crippen LogP contribution in [-0.2, 0) is 12.2 Å². The van der Waals surface area contributed by atoms with Gasteiger partial charge in [0.1, 0.15) is 10.8 Å². The Morgan fingerprint density at radius 3 is 2.68 bits per heavy atom. The Balaban J connectivity index is 2.41. The first-order valence-electron chi connectivity index (χ1n) is 6.00. The number of nitrogens with zero attached hydrogens (tertiary/aromatic N) is 1. The zero-order valence-electron chi connectivity index (χ0n) is 11.1. The lowest BCUT2D eigenvalue weighted by atomic mass is 10.1. The van der Waals surface area contributed by atoms with Crippen LogP contribution in [0.15, 0.2) is 24.4 Å². The van der Waals surface area contributed by atoms with E-state index in [4.69, 9.17) is 0 Å². The molecule has 102 valence electrons. The number of aromatic nitrogens is 1. The standard InChI is InChI=1S/C14H16F2N2S/c1-14(2,16)13-18-8-12(19-13)10-6-9(7-17-3)4-5-11(10)15/h4-6,8,17H,7H2,1-3H3. The van der Waals surface area contributed by atoms with Gasteiger partial charge in [-0.3, -0.25) is 0 Å². The summed E-state index contributed by atoms with van der Waals surface area (Å²) in [5.41, 5.74) is -0.0452. The molecule has 0 aliphatic heterocycles. The molecule has 2 rings (SSSR count). The molecule has 5 heteroatoms. The van der Waals surface area contributed by atoms with Crippen LogP contribution in [0.25, 0.3) is 10.4 Å². The Hall–Kier alpha value is -1.33. The van der Waals surface area contributed by atoms with E-state index in [0.29, 0.717) is 22.0 Å². The highest BCUT2D eigenvalue weighted by molar-refractivity contribution is 7.15. The van der Waals surface area contributed by atoms with E-state index in [0.717, 1.165) is 5.56 Å². The van der Waals surface area contributed by atoms with Gasteiger partial charge in [-0.2, -0.15) is 0 Å². The summed E-state index contributed by atoms with van der Waals surface area (Å²) in [5.74, 6) is -0.313. The number of alkyl halides is 1. The van der Waals surface area contributed by atoms with Crippen molar-refractivity contribution in [3.05, 3.63) is 40.8 Å². The van der Waals surface area contributed by atoms with Crippen molar-refractivity contribution >= 4 is 11.3 Å². The van der Waals surface area contributed by atoms with Crippen molar-refractivity contribution < 1.29 is 8.78 Å². The number of thiazole rings is 1. The highest BCUT2D eigenvalue weighted by atomic mass is 32.1. The molecule has 0 amide bonds. The van der Waals surface area contributed by atoms with Gasteiger partial charge in [0.05, 0.1) is 4.88 Å². The average molecular weight is 282 g/mol. The van der Waals surface area contributed by atoms with E-state index >= 15 is 0 Å². The van der Waals surface area contributed by atoms with E-state index in [-0.39, 0.29) is 5.82 Å². The summed E-state index contributed by atoms with van der Waals surface area (Å²) in [4.78, 5) is 4.69. The summed E-state index contributed by atoms with van der Waals surface area (Å²) >= 11 is 1.19. The Morgan fingerprint density at radius 2 is 2.11 bits per heavy atom. The third-order valence-electron chi connectivity index (χ3n) is 2.69. The number of nitrogens with one attached hydrogen (secondary N) is 1. The monoisotopic (exact) mass is 282 g/mol. The molecule has 1 aromatic carbocycles. The van der Waals surface area contributed by atoms with Crippen molar-refractivity contribution in [1.29, 1.82) is 0 Å². The molecule has 0 spiro atoms. The maximum atomic E-state index is 13.9. The van der Waals surface area contributed by atoms with Gasteiger partial charge in [0.2, 0.25) is 0 Å². The molecular formula is C14H16F2N2S. The van der Waals surface area contributed by atoms with Crippen LogP contribution < -0.4 is 5.32 Å². The maximum absolute atomic E-state index is 13.9. The van der Waals surface area contributed by atoms with E-state index in [9.17, 15) is 8.78 Å². The van der Waals surface area contributed by atoms with Crippen molar-refractivity contribution in [3.8, 4) is 10.4 Å². The van der Waals surface area contributed by atoms with Gasteiger partial charge in [0, 0.05) is 18.3 Å². The number of benzene rings is 1.